The number of rotatable bonds is 4. The zero-order chi connectivity index (χ0) is 13.2. The van der Waals surface area contributed by atoms with E-state index in [0.717, 1.165) is 22.1 Å². The van der Waals surface area contributed by atoms with Crippen LogP contribution >= 0.6 is 27.3 Å². The third kappa shape index (κ3) is 2.69. The van der Waals surface area contributed by atoms with Gasteiger partial charge in [-0.25, -0.2) is 0 Å². The molecule has 3 aromatic heterocycles. The van der Waals surface area contributed by atoms with Crippen LogP contribution in [0, 0.1) is 0 Å². The molecule has 0 unspecified atom stereocenters. The first-order chi connectivity index (χ1) is 9.22. The largest absolute Gasteiger partial charge is 0.369 e. The van der Waals surface area contributed by atoms with Crippen molar-refractivity contribution >= 4 is 50.1 Å². The number of aromatic nitrogens is 4. The number of hydrogen-bond donors (Lipinski definition) is 3. The van der Waals surface area contributed by atoms with Crippen LogP contribution in [0.4, 0.5) is 11.8 Å². The second-order valence-electron chi connectivity index (χ2n) is 3.95. The Bertz CT molecular complexity index is 706. The molecule has 3 rings (SSSR count). The first-order valence-corrected chi connectivity index (χ1v) is 7.28. The van der Waals surface area contributed by atoms with Gasteiger partial charge in [-0.15, -0.1) is 11.3 Å². The maximum atomic E-state index is 5.66. The summed E-state index contributed by atoms with van der Waals surface area (Å²) in [5.74, 6) is 0.949. The Labute approximate surface area is 121 Å². The van der Waals surface area contributed by atoms with Gasteiger partial charge in [0.1, 0.15) is 5.82 Å². The Balaban J connectivity index is 1.73. The van der Waals surface area contributed by atoms with Crippen LogP contribution in [0.2, 0.25) is 0 Å². The minimum Gasteiger partial charge on any atom is -0.369 e. The Morgan fingerprint density at radius 1 is 1.37 bits per heavy atom. The molecule has 3 aromatic rings. The van der Waals surface area contributed by atoms with Crippen LogP contribution in [-0.4, -0.2) is 26.7 Å². The first-order valence-electron chi connectivity index (χ1n) is 5.67. The van der Waals surface area contributed by atoms with Crippen LogP contribution in [-0.2, 0) is 6.42 Å². The molecule has 0 atom stereocenters. The number of halogens is 1. The summed E-state index contributed by atoms with van der Waals surface area (Å²) in [4.78, 5) is 9.58. The predicted octanol–water partition coefficient (Wildman–Crippen LogP) is 2.41. The van der Waals surface area contributed by atoms with Crippen LogP contribution in [0.3, 0.4) is 0 Å². The summed E-state index contributed by atoms with van der Waals surface area (Å²) < 4.78 is 1.14. The monoisotopic (exact) mass is 338 g/mol. The van der Waals surface area contributed by atoms with Crippen molar-refractivity contribution in [3.8, 4) is 0 Å². The average molecular weight is 339 g/mol. The van der Waals surface area contributed by atoms with E-state index in [1.165, 1.54) is 4.88 Å². The first kappa shape index (κ1) is 12.4. The lowest BCUT2D eigenvalue weighted by molar-refractivity contribution is 1.03. The molecule has 0 radical (unpaired) electrons. The summed E-state index contributed by atoms with van der Waals surface area (Å²) in [5.41, 5.74) is 6.30. The Morgan fingerprint density at radius 2 is 2.26 bits per heavy atom. The van der Waals surface area contributed by atoms with Crippen LogP contribution < -0.4 is 11.1 Å². The quantitative estimate of drug-likeness (QED) is 0.679. The number of fused-ring (bicyclic) bond motifs is 1. The van der Waals surface area contributed by atoms with Crippen LogP contribution in [0.25, 0.3) is 11.0 Å². The van der Waals surface area contributed by atoms with Crippen molar-refractivity contribution < 1.29 is 0 Å². The Morgan fingerprint density at radius 3 is 3.05 bits per heavy atom. The molecule has 0 aliphatic carbocycles. The summed E-state index contributed by atoms with van der Waals surface area (Å²) in [5, 5.41) is 10.9. The van der Waals surface area contributed by atoms with Gasteiger partial charge in [-0.1, -0.05) is 0 Å². The molecule has 0 bridgehead atoms. The maximum Gasteiger partial charge on any atom is 0.224 e. The van der Waals surface area contributed by atoms with Gasteiger partial charge in [-0.05, 0) is 34.5 Å². The molecule has 98 valence electrons. The molecule has 0 aliphatic rings. The number of anilines is 2. The van der Waals surface area contributed by atoms with Crippen molar-refractivity contribution in [2.75, 3.05) is 17.6 Å². The van der Waals surface area contributed by atoms with Gasteiger partial charge in [-0.3, -0.25) is 5.10 Å². The lowest BCUT2D eigenvalue weighted by Crippen LogP contribution is -2.07. The molecule has 4 N–H and O–H groups in total. The summed E-state index contributed by atoms with van der Waals surface area (Å²) in [7, 11) is 0. The number of aromatic amines is 1. The lowest BCUT2D eigenvalue weighted by atomic mass is 10.3. The summed E-state index contributed by atoms with van der Waals surface area (Å²) >= 11 is 5.19. The van der Waals surface area contributed by atoms with Gasteiger partial charge in [0.15, 0.2) is 5.65 Å². The van der Waals surface area contributed by atoms with Gasteiger partial charge in [0, 0.05) is 11.4 Å². The molecule has 0 spiro atoms. The number of nitrogens with zero attached hydrogens (tertiary/aromatic N) is 3. The maximum absolute atomic E-state index is 5.66. The SMILES string of the molecule is Nc1nc(NCCc2ccc(Br)s2)c2cn[nH]c2n1. The van der Waals surface area contributed by atoms with Gasteiger partial charge < -0.3 is 11.1 Å². The van der Waals surface area contributed by atoms with Crippen molar-refractivity contribution in [1.29, 1.82) is 0 Å². The highest BCUT2D eigenvalue weighted by Gasteiger charge is 2.07. The fraction of sp³-hybridized carbons (Fsp3) is 0.182. The van der Waals surface area contributed by atoms with E-state index in [1.54, 1.807) is 17.5 Å². The normalized spacial score (nSPS) is 11.0. The lowest BCUT2D eigenvalue weighted by Gasteiger charge is -2.06. The third-order valence-corrected chi connectivity index (χ3v) is 4.30. The fourth-order valence-electron chi connectivity index (χ4n) is 1.78. The topological polar surface area (TPSA) is 92.5 Å². The van der Waals surface area contributed by atoms with Gasteiger partial charge in [0.25, 0.3) is 0 Å². The fourth-order valence-corrected chi connectivity index (χ4v) is 3.26. The standard InChI is InChI=1S/C11H11BrN6S/c12-8-2-1-6(19-8)3-4-14-9-7-5-15-18-10(7)17-11(13)16-9/h1-2,5H,3-4H2,(H4,13,14,15,16,17,18). The number of nitrogens with two attached hydrogens (primary N) is 1. The van der Waals surface area contributed by atoms with Gasteiger partial charge >= 0.3 is 0 Å². The second-order valence-corrected chi connectivity index (χ2v) is 6.49. The van der Waals surface area contributed by atoms with Crippen molar-refractivity contribution in [3.05, 3.63) is 27.0 Å². The highest BCUT2D eigenvalue weighted by Crippen LogP contribution is 2.23. The number of thiophene rings is 1. The minimum absolute atomic E-state index is 0.234. The summed E-state index contributed by atoms with van der Waals surface area (Å²) in [6.07, 6.45) is 2.62. The summed E-state index contributed by atoms with van der Waals surface area (Å²) in [6.45, 7) is 0.781. The van der Waals surface area contributed by atoms with Crippen molar-refractivity contribution in [1.82, 2.24) is 20.2 Å². The van der Waals surface area contributed by atoms with E-state index in [9.17, 15) is 0 Å². The van der Waals surface area contributed by atoms with E-state index in [1.807, 2.05) is 0 Å². The van der Waals surface area contributed by atoms with E-state index < -0.39 is 0 Å². The summed E-state index contributed by atoms with van der Waals surface area (Å²) in [6, 6.07) is 4.16. The molecule has 19 heavy (non-hydrogen) atoms. The van der Waals surface area contributed by atoms with Gasteiger partial charge in [0.2, 0.25) is 5.95 Å². The zero-order valence-electron chi connectivity index (χ0n) is 9.85. The number of nitrogen functional groups attached to an aromatic ring is 1. The number of nitrogens with one attached hydrogen (secondary N) is 2. The van der Waals surface area contributed by atoms with Gasteiger partial charge in [-0.2, -0.15) is 15.1 Å². The Kier molecular flexibility index (Phi) is 3.34. The molecule has 0 fully saturated rings. The molecule has 8 heteroatoms. The van der Waals surface area contributed by atoms with Crippen molar-refractivity contribution in [2.45, 2.75) is 6.42 Å². The van der Waals surface area contributed by atoms with E-state index in [-0.39, 0.29) is 5.95 Å². The predicted molar refractivity (Wildman–Crippen MR) is 80.3 cm³/mol. The smallest absolute Gasteiger partial charge is 0.224 e. The van der Waals surface area contributed by atoms with Crippen LogP contribution in [0.1, 0.15) is 4.88 Å². The highest BCUT2D eigenvalue weighted by molar-refractivity contribution is 9.11. The van der Waals surface area contributed by atoms with Crippen LogP contribution in [0.15, 0.2) is 22.1 Å². The van der Waals surface area contributed by atoms with Crippen molar-refractivity contribution in [2.24, 2.45) is 0 Å². The molecule has 0 saturated heterocycles. The molecule has 6 nitrogen and oxygen atoms in total. The molecule has 3 heterocycles. The molecule has 0 aliphatic heterocycles. The average Bonchev–Trinajstić information content (AvgIpc) is 2.98. The van der Waals surface area contributed by atoms with E-state index in [4.69, 9.17) is 5.73 Å². The highest BCUT2D eigenvalue weighted by atomic mass is 79.9. The molecular weight excluding hydrogens is 328 g/mol. The van der Waals surface area contributed by atoms with E-state index in [2.05, 4.69) is 53.5 Å². The number of H-pyrrole nitrogens is 1. The molecule has 0 saturated carbocycles. The molecular formula is C11H11BrN6S. The Hall–Kier alpha value is -1.67. The number of hydrogen-bond acceptors (Lipinski definition) is 6. The van der Waals surface area contributed by atoms with Gasteiger partial charge in [0.05, 0.1) is 15.4 Å². The van der Waals surface area contributed by atoms with E-state index in [0.29, 0.717) is 11.5 Å². The zero-order valence-corrected chi connectivity index (χ0v) is 12.3. The molecule has 0 amide bonds. The second kappa shape index (κ2) is 5.14. The van der Waals surface area contributed by atoms with Crippen molar-refractivity contribution in [3.63, 3.8) is 0 Å². The van der Waals surface area contributed by atoms with E-state index >= 15 is 0 Å². The molecule has 0 aromatic carbocycles. The minimum atomic E-state index is 0.234. The third-order valence-electron chi connectivity index (χ3n) is 2.62. The van der Waals surface area contributed by atoms with Crippen LogP contribution in [0.5, 0.6) is 0 Å².